The largest absolute Gasteiger partial charge is 0.271 e. The molecule has 0 saturated heterocycles. The van der Waals surface area contributed by atoms with Gasteiger partial charge >= 0.3 is 0 Å². The van der Waals surface area contributed by atoms with Crippen molar-refractivity contribution in [3.05, 3.63) is 88.7 Å². The fraction of sp³-hybridized carbons (Fsp3) is 0.0500. The SMILES string of the molecule is O=C(CN(c1cccc(Cl)c1Cl)S(=O)(=O)c1ccccc1)N/N=C\c1ccccn1. The van der Waals surface area contributed by atoms with Crippen LogP contribution in [-0.4, -0.2) is 32.1 Å². The molecular formula is C20H16Cl2N4O3S. The molecule has 0 unspecified atom stereocenters. The Bertz CT molecular complexity index is 1160. The van der Waals surface area contributed by atoms with E-state index < -0.39 is 22.5 Å². The molecule has 0 spiro atoms. The minimum Gasteiger partial charge on any atom is -0.271 e. The van der Waals surface area contributed by atoms with Gasteiger partial charge < -0.3 is 0 Å². The van der Waals surface area contributed by atoms with Crippen LogP contribution in [0.1, 0.15) is 5.69 Å². The van der Waals surface area contributed by atoms with Crippen molar-refractivity contribution < 1.29 is 13.2 Å². The minimum atomic E-state index is -4.10. The molecule has 1 N–H and O–H groups in total. The zero-order chi connectivity index (χ0) is 21.6. The molecule has 10 heteroatoms. The molecule has 1 heterocycles. The van der Waals surface area contributed by atoms with Gasteiger partial charge in [0.15, 0.2) is 0 Å². The van der Waals surface area contributed by atoms with Crippen LogP contribution in [0, 0.1) is 0 Å². The van der Waals surface area contributed by atoms with E-state index in [1.165, 1.54) is 30.5 Å². The topological polar surface area (TPSA) is 91.7 Å². The number of nitrogens with one attached hydrogen (secondary N) is 1. The van der Waals surface area contributed by atoms with Crippen molar-refractivity contribution in [2.45, 2.75) is 4.90 Å². The summed E-state index contributed by atoms with van der Waals surface area (Å²) in [6.45, 7) is -0.559. The molecule has 30 heavy (non-hydrogen) atoms. The molecule has 0 radical (unpaired) electrons. The average molecular weight is 463 g/mol. The maximum absolute atomic E-state index is 13.2. The molecule has 3 rings (SSSR count). The van der Waals surface area contributed by atoms with Gasteiger partial charge in [0, 0.05) is 6.20 Å². The van der Waals surface area contributed by atoms with Gasteiger partial charge in [-0.1, -0.05) is 53.5 Å². The molecule has 0 atom stereocenters. The van der Waals surface area contributed by atoms with Crippen LogP contribution < -0.4 is 9.73 Å². The van der Waals surface area contributed by atoms with E-state index in [0.29, 0.717) is 5.69 Å². The number of sulfonamides is 1. The summed E-state index contributed by atoms with van der Waals surface area (Å²) in [5.74, 6) is -0.669. The predicted molar refractivity (Wildman–Crippen MR) is 117 cm³/mol. The van der Waals surface area contributed by atoms with Crippen molar-refractivity contribution >= 4 is 51.0 Å². The van der Waals surface area contributed by atoms with Crippen LogP contribution in [0.25, 0.3) is 0 Å². The first kappa shape index (κ1) is 21.8. The monoisotopic (exact) mass is 462 g/mol. The van der Waals surface area contributed by atoms with Crippen molar-refractivity contribution in [2.75, 3.05) is 10.8 Å². The lowest BCUT2D eigenvalue weighted by Crippen LogP contribution is -2.39. The summed E-state index contributed by atoms with van der Waals surface area (Å²) in [4.78, 5) is 16.5. The Morgan fingerprint density at radius 3 is 2.47 bits per heavy atom. The van der Waals surface area contributed by atoms with Crippen molar-refractivity contribution in [1.29, 1.82) is 0 Å². The number of aromatic nitrogens is 1. The number of pyridine rings is 1. The number of nitrogens with zero attached hydrogens (tertiary/aromatic N) is 3. The van der Waals surface area contributed by atoms with Crippen LogP contribution in [-0.2, 0) is 14.8 Å². The summed E-state index contributed by atoms with van der Waals surface area (Å²) in [6, 6.07) is 17.5. The van der Waals surface area contributed by atoms with Crippen LogP contribution in [0.2, 0.25) is 10.0 Å². The average Bonchev–Trinajstić information content (AvgIpc) is 2.75. The van der Waals surface area contributed by atoms with E-state index in [1.807, 2.05) is 0 Å². The number of anilines is 1. The van der Waals surface area contributed by atoms with E-state index in [2.05, 4.69) is 15.5 Å². The Labute approximate surface area is 184 Å². The molecule has 1 aromatic heterocycles. The Morgan fingerprint density at radius 1 is 1.03 bits per heavy atom. The van der Waals surface area contributed by atoms with Crippen LogP contribution in [0.5, 0.6) is 0 Å². The molecule has 0 aliphatic rings. The summed E-state index contributed by atoms with van der Waals surface area (Å²) in [5, 5.41) is 4.00. The number of benzene rings is 2. The molecule has 0 aliphatic carbocycles. The lowest BCUT2D eigenvalue weighted by atomic mass is 10.3. The summed E-state index contributed by atoms with van der Waals surface area (Å²) >= 11 is 12.3. The third kappa shape index (κ3) is 5.15. The number of carbonyl (C=O) groups is 1. The van der Waals surface area contributed by atoms with Crippen LogP contribution in [0.15, 0.2) is 82.9 Å². The number of hydrogen-bond donors (Lipinski definition) is 1. The van der Waals surface area contributed by atoms with Crippen molar-refractivity contribution in [3.63, 3.8) is 0 Å². The van der Waals surface area contributed by atoms with E-state index in [4.69, 9.17) is 23.2 Å². The summed E-state index contributed by atoms with van der Waals surface area (Å²) < 4.78 is 27.3. The highest BCUT2D eigenvalue weighted by molar-refractivity contribution is 7.92. The van der Waals surface area contributed by atoms with E-state index in [-0.39, 0.29) is 20.6 Å². The van der Waals surface area contributed by atoms with Crippen LogP contribution in [0.4, 0.5) is 5.69 Å². The lowest BCUT2D eigenvalue weighted by Gasteiger charge is -2.24. The molecule has 3 aromatic rings. The Balaban J connectivity index is 1.89. The molecule has 2 aromatic carbocycles. The third-order valence-corrected chi connectivity index (χ3v) is 6.48. The first-order valence-corrected chi connectivity index (χ1v) is 10.8. The number of hydrogen-bond acceptors (Lipinski definition) is 5. The second-order valence-corrected chi connectivity index (χ2v) is 8.59. The van der Waals surface area contributed by atoms with Gasteiger partial charge in [-0.25, -0.2) is 13.8 Å². The quantitative estimate of drug-likeness (QED) is 0.427. The van der Waals surface area contributed by atoms with Crippen molar-refractivity contribution in [1.82, 2.24) is 10.4 Å². The number of rotatable bonds is 7. The molecule has 0 saturated carbocycles. The number of hydrazone groups is 1. The number of halogens is 2. The molecule has 0 bridgehead atoms. The fourth-order valence-electron chi connectivity index (χ4n) is 2.49. The summed E-state index contributed by atoms with van der Waals surface area (Å²) in [6.07, 6.45) is 2.93. The first-order chi connectivity index (χ1) is 14.4. The summed E-state index contributed by atoms with van der Waals surface area (Å²) in [5.41, 5.74) is 2.91. The second-order valence-electron chi connectivity index (χ2n) is 5.95. The van der Waals surface area contributed by atoms with Crippen molar-refractivity contribution in [3.8, 4) is 0 Å². The van der Waals surface area contributed by atoms with Gasteiger partial charge in [-0.05, 0) is 36.4 Å². The second kappa shape index (κ2) is 9.71. The van der Waals surface area contributed by atoms with Gasteiger partial charge in [0.05, 0.1) is 32.5 Å². The number of amides is 1. The zero-order valence-corrected chi connectivity index (χ0v) is 17.8. The van der Waals surface area contributed by atoms with Gasteiger partial charge in [-0.15, -0.1) is 0 Å². The van der Waals surface area contributed by atoms with Gasteiger partial charge in [0.25, 0.3) is 15.9 Å². The molecule has 0 fully saturated rings. The van der Waals surface area contributed by atoms with Gasteiger partial charge in [-0.3, -0.25) is 14.1 Å². The van der Waals surface area contributed by atoms with Gasteiger partial charge in [-0.2, -0.15) is 5.10 Å². The predicted octanol–water partition coefficient (Wildman–Crippen LogP) is 3.73. The molecule has 1 amide bonds. The zero-order valence-electron chi connectivity index (χ0n) is 15.4. The smallest absolute Gasteiger partial charge is 0.264 e. The Kier molecular flexibility index (Phi) is 7.04. The van der Waals surface area contributed by atoms with Crippen LogP contribution in [0.3, 0.4) is 0 Å². The number of carbonyl (C=O) groups excluding carboxylic acids is 1. The molecule has 0 aliphatic heterocycles. The highest BCUT2D eigenvalue weighted by Gasteiger charge is 2.29. The third-order valence-electron chi connectivity index (χ3n) is 3.89. The van der Waals surface area contributed by atoms with E-state index in [0.717, 1.165) is 4.31 Å². The standard InChI is InChI=1S/C20H16Cl2N4O3S/c21-17-10-6-11-18(20(17)22)26(30(28,29)16-8-2-1-3-9-16)14-19(27)25-24-13-15-7-4-5-12-23-15/h1-13H,14H2,(H,25,27)/b24-13-. The lowest BCUT2D eigenvalue weighted by molar-refractivity contribution is -0.119. The highest BCUT2D eigenvalue weighted by Crippen LogP contribution is 2.35. The van der Waals surface area contributed by atoms with Crippen LogP contribution >= 0.6 is 23.2 Å². The normalized spacial score (nSPS) is 11.4. The van der Waals surface area contributed by atoms with Gasteiger partial charge in [0.1, 0.15) is 6.54 Å². The Morgan fingerprint density at radius 2 is 1.77 bits per heavy atom. The fourth-order valence-corrected chi connectivity index (χ4v) is 4.39. The minimum absolute atomic E-state index is 0.00540. The van der Waals surface area contributed by atoms with E-state index in [9.17, 15) is 13.2 Å². The summed E-state index contributed by atoms with van der Waals surface area (Å²) in [7, 11) is -4.10. The van der Waals surface area contributed by atoms with E-state index in [1.54, 1.807) is 48.7 Å². The maximum atomic E-state index is 13.2. The molecule has 154 valence electrons. The van der Waals surface area contributed by atoms with Gasteiger partial charge in [0.2, 0.25) is 0 Å². The van der Waals surface area contributed by atoms with Crippen molar-refractivity contribution in [2.24, 2.45) is 5.10 Å². The molecular weight excluding hydrogens is 447 g/mol. The molecule has 7 nitrogen and oxygen atoms in total. The first-order valence-electron chi connectivity index (χ1n) is 8.64. The highest BCUT2D eigenvalue weighted by atomic mass is 35.5. The Hall–Kier alpha value is -2.94. The van der Waals surface area contributed by atoms with E-state index >= 15 is 0 Å². The maximum Gasteiger partial charge on any atom is 0.264 e.